The molecule has 1 fully saturated rings. The molecule has 21 heavy (non-hydrogen) atoms. The van der Waals surface area contributed by atoms with Crippen molar-refractivity contribution in [1.82, 2.24) is 15.5 Å². The van der Waals surface area contributed by atoms with Gasteiger partial charge in [0.05, 0.1) is 5.92 Å². The van der Waals surface area contributed by atoms with Crippen molar-refractivity contribution in [1.29, 1.82) is 0 Å². The molecule has 1 aromatic carbocycles. The summed E-state index contributed by atoms with van der Waals surface area (Å²) in [5, 5.41) is 7.52. The maximum atomic E-state index is 5.69. The lowest BCUT2D eigenvalue weighted by molar-refractivity contribution is 0.327. The summed E-state index contributed by atoms with van der Waals surface area (Å²) in [6, 6.07) is 8.51. The fraction of sp³-hybridized carbons (Fsp3) is 0.500. The number of hydrogen-bond acceptors (Lipinski definition) is 5. The van der Waals surface area contributed by atoms with Crippen molar-refractivity contribution in [2.45, 2.75) is 31.2 Å². The second kappa shape index (κ2) is 5.15. The maximum Gasteiger partial charge on any atom is 0.228 e. The van der Waals surface area contributed by atoms with Crippen molar-refractivity contribution < 1.29 is 9.26 Å². The molecular weight excluding hydrogens is 266 g/mol. The highest BCUT2D eigenvalue weighted by molar-refractivity contribution is 5.42. The van der Waals surface area contributed by atoms with Crippen molar-refractivity contribution in [3.63, 3.8) is 0 Å². The number of hydrogen-bond donors (Lipinski definition) is 1. The Morgan fingerprint density at radius 3 is 3.00 bits per heavy atom. The van der Waals surface area contributed by atoms with Gasteiger partial charge >= 0.3 is 0 Å². The van der Waals surface area contributed by atoms with Crippen molar-refractivity contribution in [3.8, 4) is 5.75 Å². The standard InChI is InChI=1S/C16H19N3O2/c1-17-13(10-6-7-10)8-15-18-16(19-21-15)12-9-20-14-5-3-2-4-11(12)14/h2-5,10,12-13,17H,6-9H2,1H3. The van der Waals surface area contributed by atoms with Crippen molar-refractivity contribution in [2.75, 3.05) is 13.7 Å². The fourth-order valence-corrected chi connectivity index (χ4v) is 3.06. The molecule has 0 bridgehead atoms. The van der Waals surface area contributed by atoms with E-state index in [1.165, 1.54) is 12.8 Å². The molecule has 5 heteroatoms. The van der Waals surface area contributed by atoms with Crippen LogP contribution in [0.1, 0.15) is 36.0 Å². The largest absolute Gasteiger partial charge is 0.492 e. The second-order valence-corrected chi connectivity index (χ2v) is 5.88. The van der Waals surface area contributed by atoms with Crippen molar-refractivity contribution in [3.05, 3.63) is 41.5 Å². The lowest BCUT2D eigenvalue weighted by Crippen LogP contribution is -2.29. The molecule has 0 amide bonds. The van der Waals surface area contributed by atoms with E-state index in [1.807, 2.05) is 25.2 Å². The summed E-state index contributed by atoms with van der Waals surface area (Å²) >= 11 is 0. The molecule has 4 rings (SSSR count). The van der Waals surface area contributed by atoms with Gasteiger partial charge in [0.15, 0.2) is 5.82 Å². The second-order valence-electron chi connectivity index (χ2n) is 5.88. The van der Waals surface area contributed by atoms with Crippen molar-refractivity contribution >= 4 is 0 Å². The van der Waals surface area contributed by atoms with E-state index in [0.717, 1.165) is 35.4 Å². The number of ether oxygens (including phenoxy) is 1. The lowest BCUT2D eigenvalue weighted by Gasteiger charge is -2.11. The summed E-state index contributed by atoms with van der Waals surface area (Å²) in [5.41, 5.74) is 1.15. The van der Waals surface area contributed by atoms with Crippen LogP contribution in [0.5, 0.6) is 5.75 Å². The molecular formula is C16H19N3O2. The first-order valence-corrected chi connectivity index (χ1v) is 7.56. The fourth-order valence-electron chi connectivity index (χ4n) is 3.06. The number of fused-ring (bicyclic) bond motifs is 1. The first kappa shape index (κ1) is 12.8. The molecule has 5 nitrogen and oxygen atoms in total. The van der Waals surface area contributed by atoms with Gasteiger partial charge in [-0.05, 0) is 31.9 Å². The van der Waals surface area contributed by atoms with Crippen LogP contribution in [0.4, 0.5) is 0 Å². The van der Waals surface area contributed by atoms with Gasteiger partial charge in [0.2, 0.25) is 5.89 Å². The summed E-state index contributed by atoms with van der Waals surface area (Å²) in [6.45, 7) is 0.594. The Morgan fingerprint density at radius 2 is 2.19 bits per heavy atom. The van der Waals surface area contributed by atoms with Crippen LogP contribution in [0.3, 0.4) is 0 Å². The van der Waals surface area contributed by atoms with Crippen LogP contribution in [-0.4, -0.2) is 29.8 Å². The summed E-state index contributed by atoms with van der Waals surface area (Å²) in [7, 11) is 2.00. The van der Waals surface area contributed by atoms with Crippen LogP contribution in [0.15, 0.2) is 28.8 Å². The van der Waals surface area contributed by atoms with E-state index in [-0.39, 0.29) is 5.92 Å². The van der Waals surface area contributed by atoms with E-state index < -0.39 is 0 Å². The minimum Gasteiger partial charge on any atom is -0.492 e. The molecule has 0 spiro atoms. The summed E-state index contributed by atoms with van der Waals surface area (Å²) in [6.07, 6.45) is 3.41. The first-order chi connectivity index (χ1) is 10.3. The monoisotopic (exact) mass is 285 g/mol. The molecule has 110 valence electrons. The van der Waals surface area contributed by atoms with E-state index >= 15 is 0 Å². The predicted molar refractivity (Wildman–Crippen MR) is 77.4 cm³/mol. The zero-order valence-corrected chi connectivity index (χ0v) is 12.1. The van der Waals surface area contributed by atoms with Gasteiger partial charge in [-0.2, -0.15) is 4.98 Å². The molecule has 2 aliphatic rings. The first-order valence-electron chi connectivity index (χ1n) is 7.56. The minimum absolute atomic E-state index is 0.0904. The Bertz CT molecular complexity index is 636. The number of benzene rings is 1. The summed E-state index contributed by atoms with van der Waals surface area (Å²) in [4.78, 5) is 4.59. The van der Waals surface area contributed by atoms with Gasteiger partial charge in [-0.3, -0.25) is 0 Å². The quantitative estimate of drug-likeness (QED) is 0.912. The third-order valence-electron chi connectivity index (χ3n) is 4.45. The molecule has 1 aromatic heterocycles. The van der Waals surface area contributed by atoms with Gasteiger partial charge in [0, 0.05) is 18.0 Å². The van der Waals surface area contributed by atoms with E-state index in [2.05, 4.69) is 21.5 Å². The lowest BCUT2D eigenvalue weighted by atomic mass is 10.0. The summed E-state index contributed by atoms with van der Waals surface area (Å²) in [5.74, 6) is 3.25. The Morgan fingerprint density at radius 1 is 1.33 bits per heavy atom. The van der Waals surface area contributed by atoms with E-state index in [9.17, 15) is 0 Å². The number of para-hydroxylation sites is 1. The molecule has 1 saturated carbocycles. The van der Waals surface area contributed by atoms with Gasteiger partial charge in [0.1, 0.15) is 12.4 Å². The van der Waals surface area contributed by atoms with Gasteiger partial charge in [-0.25, -0.2) is 0 Å². The van der Waals surface area contributed by atoms with E-state index in [1.54, 1.807) is 0 Å². The van der Waals surface area contributed by atoms with Gasteiger partial charge in [-0.15, -0.1) is 0 Å². The number of likely N-dealkylation sites (N-methyl/N-ethyl adjacent to an activating group) is 1. The molecule has 1 aliphatic heterocycles. The van der Waals surface area contributed by atoms with Crippen LogP contribution in [0, 0.1) is 5.92 Å². The molecule has 2 aromatic rings. The molecule has 1 aliphatic carbocycles. The SMILES string of the molecule is CNC(Cc1nc(C2COc3ccccc32)no1)C1CC1. The van der Waals surface area contributed by atoms with Crippen LogP contribution < -0.4 is 10.1 Å². The average molecular weight is 285 g/mol. The summed E-state index contributed by atoms with van der Waals surface area (Å²) < 4.78 is 11.1. The average Bonchev–Trinajstić information content (AvgIpc) is 3.10. The highest BCUT2D eigenvalue weighted by Crippen LogP contribution is 2.37. The predicted octanol–water partition coefficient (Wildman–Crippen LogP) is 2.13. The van der Waals surface area contributed by atoms with Crippen LogP contribution in [0.25, 0.3) is 0 Å². The smallest absolute Gasteiger partial charge is 0.228 e. The number of nitrogens with one attached hydrogen (secondary N) is 1. The van der Waals surface area contributed by atoms with Gasteiger partial charge in [-0.1, -0.05) is 23.4 Å². The normalized spacial score (nSPS) is 21.9. The number of rotatable bonds is 5. The zero-order valence-electron chi connectivity index (χ0n) is 12.1. The Kier molecular flexibility index (Phi) is 3.15. The molecule has 2 heterocycles. The maximum absolute atomic E-state index is 5.69. The van der Waals surface area contributed by atoms with Crippen LogP contribution in [0.2, 0.25) is 0 Å². The molecule has 0 saturated heterocycles. The molecule has 1 N–H and O–H groups in total. The van der Waals surface area contributed by atoms with E-state index in [4.69, 9.17) is 9.26 Å². The molecule has 2 atom stereocenters. The third kappa shape index (κ3) is 2.42. The molecule has 2 unspecified atom stereocenters. The highest BCUT2D eigenvalue weighted by atomic mass is 16.5. The van der Waals surface area contributed by atoms with Crippen molar-refractivity contribution in [2.24, 2.45) is 5.92 Å². The zero-order chi connectivity index (χ0) is 14.2. The topological polar surface area (TPSA) is 60.2 Å². The number of nitrogens with zero attached hydrogens (tertiary/aromatic N) is 2. The highest BCUT2D eigenvalue weighted by Gasteiger charge is 2.33. The van der Waals surface area contributed by atoms with Crippen LogP contribution in [-0.2, 0) is 6.42 Å². The Hall–Kier alpha value is -1.88. The molecule has 0 radical (unpaired) electrons. The van der Waals surface area contributed by atoms with E-state index in [0.29, 0.717) is 12.6 Å². The Balaban J connectivity index is 1.52. The Labute approximate surface area is 123 Å². The van der Waals surface area contributed by atoms with Gasteiger partial charge in [0.25, 0.3) is 0 Å². The van der Waals surface area contributed by atoms with Crippen LogP contribution >= 0.6 is 0 Å². The van der Waals surface area contributed by atoms with Gasteiger partial charge < -0.3 is 14.6 Å². The number of aromatic nitrogens is 2. The third-order valence-corrected chi connectivity index (χ3v) is 4.45. The minimum atomic E-state index is 0.0904.